The molecule has 4 aliphatic carbocycles. The zero-order chi connectivity index (χ0) is 16.9. The lowest BCUT2D eigenvalue weighted by molar-refractivity contribution is -0.207. The molecule has 1 N–H and O–H groups in total. The van der Waals surface area contributed by atoms with E-state index < -0.39 is 0 Å². The van der Waals surface area contributed by atoms with Gasteiger partial charge in [-0.3, -0.25) is 9.69 Å². The summed E-state index contributed by atoms with van der Waals surface area (Å²) in [5.74, 6) is 1.35. The van der Waals surface area contributed by atoms with E-state index in [1.165, 1.54) is 32.2 Å². The number of aliphatic hydroxyl groups is 1. The van der Waals surface area contributed by atoms with Crippen LogP contribution in [-0.4, -0.2) is 46.8 Å². The van der Waals surface area contributed by atoms with Gasteiger partial charge in [0.2, 0.25) is 0 Å². The molecule has 7 aliphatic rings. The Morgan fingerprint density at radius 2 is 2.08 bits per heavy atom. The highest BCUT2D eigenvalue weighted by molar-refractivity contribution is 5.78. The largest absolute Gasteiger partial charge is 0.458 e. The Morgan fingerprint density at radius 3 is 2.88 bits per heavy atom. The molecule has 0 aromatic carbocycles. The van der Waals surface area contributed by atoms with Crippen LogP contribution in [0.15, 0.2) is 0 Å². The number of aliphatic hydroxyl groups excluding tert-OH is 1. The summed E-state index contributed by atoms with van der Waals surface area (Å²) >= 11 is 0. The third-order valence-corrected chi connectivity index (χ3v) is 11.3. The zero-order valence-electron chi connectivity index (χ0n) is 15.2. The summed E-state index contributed by atoms with van der Waals surface area (Å²) in [4.78, 5) is 15.9. The van der Waals surface area contributed by atoms with Crippen molar-refractivity contribution in [1.29, 1.82) is 0 Å². The number of carbonyl (C=O) groups is 1. The van der Waals surface area contributed by atoms with Crippen molar-refractivity contribution < 1.29 is 14.6 Å². The second-order valence-corrected chi connectivity index (χ2v) is 10.6. The molecule has 3 saturated heterocycles. The standard InChI is InChI=1S/C21H29NO3/c1-2-18-8-7-17(12-23)13-3-5-19-6-4-15-14(16(24)25-19)9-21(17,18)20(15,19)11-22(18)10-13/h13-15,23H,2-12H2,1H3. The summed E-state index contributed by atoms with van der Waals surface area (Å²) in [6.07, 6.45) is 9.05. The first-order chi connectivity index (χ1) is 12.1. The molecule has 3 aliphatic heterocycles. The van der Waals surface area contributed by atoms with Gasteiger partial charge < -0.3 is 9.84 Å². The number of esters is 1. The van der Waals surface area contributed by atoms with Gasteiger partial charge in [0, 0.05) is 41.5 Å². The molecule has 0 aromatic rings. The quantitative estimate of drug-likeness (QED) is 0.782. The van der Waals surface area contributed by atoms with Crippen molar-refractivity contribution in [2.45, 2.75) is 69.4 Å². The Balaban J connectivity index is 1.64. The zero-order valence-corrected chi connectivity index (χ0v) is 15.2. The Morgan fingerprint density at radius 1 is 1.24 bits per heavy atom. The second-order valence-electron chi connectivity index (χ2n) is 10.6. The fraction of sp³-hybridized carbons (Fsp3) is 0.952. The number of hydrogen-bond donors (Lipinski definition) is 1. The van der Waals surface area contributed by atoms with Crippen LogP contribution in [0.3, 0.4) is 0 Å². The minimum absolute atomic E-state index is 0.0447. The van der Waals surface area contributed by atoms with Crippen molar-refractivity contribution in [1.82, 2.24) is 4.90 Å². The fourth-order valence-electron chi connectivity index (χ4n) is 11.1. The van der Waals surface area contributed by atoms with Crippen LogP contribution in [0, 0.1) is 34.0 Å². The van der Waals surface area contributed by atoms with Gasteiger partial charge in [-0.2, -0.15) is 0 Å². The van der Waals surface area contributed by atoms with E-state index in [-0.39, 0.29) is 39.3 Å². The van der Waals surface area contributed by atoms with Gasteiger partial charge in [0.1, 0.15) is 5.60 Å². The Labute approximate surface area is 149 Å². The summed E-state index contributed by atoms with van der Waals surface area (Å²) in [6.45, 7) is 5.03. The Hall–Kier alpha value is -0.610. The summed E-state index contributed by atoms with van der Waals surface area (Å²) < 4.78 is 6.43. The Bertz CT molecular complexity index is 724. The van der Waals surface area contributed by atoms with Crippen LogP contribution in [0.1, 0.15) is 58.3 Å². The van der Waals surface area contributed by atoms with Gasteiger partial charge in [0.15, 0.2) is 0 Å². The molecule has 136 valence electrons. The predicted octanol–water partition coefficient (Wildman–Crippen LogP) is 2.35. The highest BCUT2D eigenvalue weighted by Crippen LogP contribution is 2.91. The van der Waals surface area contributed by atoms with E-state index in [1.54, 1.807) is 0 Å². The van der Waals surface area contributed by atoms with Crippen LogP contribution in [0.4, 0.5) is 0 Å². The highest BCUT2D eigenvalue weighted by Gasteiger charge is 2.94. The first-order valence-corrected chi connectivity index (χ1v) is 10.7. The molecule has 2 spiro atoms. The maximum atomic E-state index is 13.0. The van der Waals surface area contributed by atoms with E-state index in [0.29, 0.717) is 18.4 Å². The van der Waals surface area contributed by atoms with Gasteiger partial charge >= 0.3 is 5.97 Å². The molecule has 4 nitrogen and oxygen atoms in total. The van der Waals surface area contributed by atoms with Crippen LogP contribution in [0.25, 0.3) is 0 Å². The van der Waals surface area contributed by atoms with Gasteiger partial charge in [-0.15, -0.1) is 0 Å². The molecule has 4 saturated carbocycles. The summed E-state index contributed by atoms with van der Waals surface area (Å²) in [7, 11) is 0. The molecule has 9 atom stereocenters. The molecule has 0 amide bonds. The molecule has 3 heterocycles. The minimum Gasteiger partial charge on any atom is -0.458 e. The van der Waals surface area contributed by atoms with Crippen molar-refractivity contribution >= 4 is 5.97 Å². The second kappa shape index (κ2) is 3.69. The number of nitrogens with zero attached hydrogens (tertiary/aromatic N) is 1. The number of rotatable bonds is 2. The minimum atomic E-state index is -0.211. The van der Waals surface area contributed by atoms with Crippen molar-refractivity contribution in [3.63, 3.8) is 0 Å². The Kier molecular flexibility index (Phi) is 2.13. The topological polar surface area (TPSA) is 49.8 Å². The summed E-state index contributed by atoms with van der Waals surface area (Å²) in [5, 5.41) is 10.9. The average molecular weight is 343 g/mol. The van der Waals surface area contributed by atoms with Crippen LogP contribution in [0.5, 0.6) is 0 Å². The van der Waals surface area contributed by atoms with Gasteiger partial charge in [0.25, 0.3) is 0 Å². The summed E-state index contributed by atoms with van der Waals surface area (Å²) in [6, 6.07) is 0. The monoisotopic (exact) mass is 343 g/mol. The highest BCUT2D eigenvalue weighted by atomic mass is 16.6. The number of ether oxygens (including phenoxy) is 1. The number of hydrogen-bond acceptors (Lipinski definition) is 4. The van der Waals surface area contributed by atoms with E-state index in [2.05, 4.69) is 11.8 Å². The van der Waals surface area contributed by atoms with E-state index in [0.717, 1.165) is 32.2 Å². The van der Waals surface area contributed by atoms with E-state index >= 15 is 0 Å². The molecule has 25 heavy (non-hydrogen) atoms. The lowest BCUT2D eigenvalue weighted by Crippen LogP contribution is -2.66. The summed E-state index contributed by atoms with van der Waals surface area (Å²) in [5.41, 5.74) is 0.306. The molecular formula is C21H29NO3. The number of carbonyl (C=O) groups excluding carboxylic acids is 1. The fourth-order valence-corrected chi connectivity index (χ4v) is 11.1. The smallest absolute Gasteiger partial charge is 0.309 e. The molecule has 9 unspecified atom stereocenters. The van der Waals surface area contributed by atoms with Crippen molar-refractivity contribution in [3.8, 4) is 0 Å². The van der Waals surface area contributed by atoms with E-state index in [1.807, 2.05) is 0 Å². The third-order valence-electron chi connectivity index (χ3n) is 11.3. The van der Waals surface area contributed by atoms with Gasteiger partial charge in [-0.05, 0) is 63.2 Å². The molecular weight excluding hydrogens is 314 g/mol. The maximum absolute atomic E-state index is 13.0. The molecule has 7 fully saturated rings. The van der Waals surface area contributed by atoms with Crippen molar-refractivity contribution in [3.05, 3.63) is 0 Å². The molecule has 0 radical (unpaired) electrons. The first-order valence-electron chi connectivity index (χ1n) is 10.7. The van der Waals surface area contributed by atoms with Gasteiger partial charge in [-0.1, -0.05) is 6.92 Å². The average Bonchev–Trinajstić information content (AvgIpc) is 3.10. The first kappa shape index (κ1) is 14.4. The van der Waals surface area contributed by atoms with E-state index in [4.69, 9.17) is 4.74 Å². The maximum Gasteiger partial charge on any atom is 0.309 e. The van der Waals surface area contributed by atoms with Crippen molar-refractivity contribution in [2.24, 2.45) is 34.0 Å². The molecule has 9 bridgehead atoms. The van der Waals surface area contributed by atoms with Crippen LogP contribution in [-0.2, 0) is 9.53 Å². The third kappa shape index (κ3) is 0.964. The SMILES string of the molecule is CCC12CCC3(CO)C4CCC56CCC7C(CC31C75CN2C4)C(=O)O6. The molecule has 4 heteroatoms. The van der Waals surface area contributed by atoms with E-state index in [9.17, 15) is 9.90 Å². The molecule has 0 aromatic heterocycles. The normalized spacial score (nSPS) is 67.7. The van der Waals surface area contributed by atoms with Gasteiger partial charge in [-0.25, -0.2) is 0 Å². The van der Waals surface area contributed by atoms with Gasteiger partial charge in [0.05, 0.1) is 5.92 Å². The van der Waals surface area contributed by atoms with Crippen LogP contribution >= 0.6 is 0 Å². The lowest BCUT2D eigenvalue weighted by atomic mass is 9.45. The van der Waals surface area contributed by atoms with Crippen LogP contribution in [0.2, 0.25) is 0 Å². The number of piperidine rings is 1. The molecule has 7 rings (SSSR count). The lowest BCUT2D eigenvalue weighted by Gasteiger charge is -2.61. The van der Waals surface area contributed by atoms with Crippen molar-refractivity contribution in [2.75, 3.05) is 19.7 Å². The van der Waals surface area contributed by atoms with Crippen LogP contribution < -0.4 is 0 Å². The predicted molar refractivity (Wildman–Crippen MR) is 90.6 cm³/mol.